The molecule has 0 amide bonds. The minimum absolute atomic E-state index is 0.432. The molecule has 1 aliphatic heterocycles. The van der Waals surface area contributed by atoms with E-state index in [1.807, 2.05) is 30.3 Å². The predicted molar refractivity (Wildman–Crippen MR) is 123 cm³/mol. The molecule has 0 saturated carbocycles. The molecule has 1 saturated heterocycles. The Morgan fingerprint density at radius 2 is 1.93 bits per heavy atom. The topological polar surface area (TPSA) is 66.0 Å². The second kappa shape index (κ2) is 13.7. The van der Waals surface area contributed by atoms with Crippen molar-refractivity contribution in [2.24, 2.45) is 10.9 Å². The molecule has 1 aromatic carbocycles. The molecule has 2 N–H and O–H groups in total. The van der Waals surface area contributed by atoms with Crippen LogP contribution in [0.2, 0.25) is 0 Å². The number of rotatable bonds is 11. The number of morpholine rings is 1. The summed E-state index contributed by atoms with van der Waals surface area (Å²) in [5, 5.41) is 6.67. The van der Waals surface area contributed by atoms with Gasteiger partial charge >= 0.3 is 0 Å². The second-order valence-electron chi connectivity index (χ2n) is 7.85. The lowest BCUT2D eigenvalue weighted by Crippen LogP contribution is -2.46. The van der Waals surface area contributed by atoms with Crippen LogP contribution < -0.4 is 10.6 Å². The number of benzene rings is 1. The maximum Gasteiger partial charge on any atom is 0.191 e. The third-order valence-electron chi connectivity index (χ3n) is 4.90. The summed E-state index contributed by atoms with van der Waals surface area (Å²) < 4.78 is 17.8. The van der Waals surface area contributed by atoms with Gasteiger partial charge in [-0.25, -0.2) is 0 Å². The molecule has 7 heteroatoms. The largest absolute Gasteiger partial charge is 0.379 e. The molecule has 164 valence electrons. The fourth-order valence-electron chi connectivity index (χ4n) is 3.48. The smallest absolute Gasteiger partial charge is 0.191 e. The molecule has 2 rings (SSSR count). The molecule has 2 unspecified atom stereocenters. The SMILES string of the molecule is CCNC(=NCC(CC(C)C)N1CCOCC1)NCCS(=O)Cc1ccccc1. The van der Waals surface area contributed by atoms with Gasteiger partial charge in [-0.2, -0.15) is 0 Å². The molecule has 1 aliphatic rings. The monoisotopic (exact) mass is 422 g/mol. The molecule has 6 nitrogen and oxygen atoms in total. The van der Waals surface area contributed by atoms with Gasteiger partial charge in [0.05, 0.1) is 19.8 Å². The Hall–Kier alpha value is -1.44. The van der Waals surface area contributed by atoms with E-state index in [0.717, 1.165) is 57.3 Å². The highest BCUT2D eigenvalue weighted by molar-refractivity contribution is 7.84. The van der Waals surface area contributed by atoms with Gasteiger partial charge in [-0.1, -0.05) is 44.2 Å². The number of hydrogen-bond donors (Lipinski definition) is 2. The summed E-state index contributed by atoms with van der Waals surface area (Å²) in [6, 6.07) is 10.4. The van der Waals surface area contributed by atoms with Gasteiger partial charge in [0.1, 0.15) is 0 Å². The first-order valence-electron chi connectivity index (χ1n) is 10.8. The molecule has 1 heterocycles. The summed E-state index contributed by atoms with van der Waals surface area (Å²) in [5.74, 6) is 2.65. The third kappa shape index (κ3) is 9.74. The number of hydrogen-bond acceptors (Lipinski definition) is 4. The van der Waals surface area contributed by atoms with Gasteiger partial charge in [0.2, 0.25) is 0 Å². The highest BCUT2D eigenvalue weighted by atomic mass is 32.2. The summed E-state index contributed by atoms with van der Waals surface area (Å²) in [4.78, 5) is 7.34. The summed E-state index contributed by atoms with van der Waals surface area (Å²) in [6.45, 7) is 12.4. The van der Waals surface area contributed by atoms with Gasteiger partial charge in [0.25, 0.3) is 0 Å². The molecule has 29 heavy (non-hydrogen) atoms. The van der Waals surface area contributed by atoms with Crippen LogP contribution in [0, 0.1) is 5.92 Å². The number of aliphatic imine (C=N–C) groups is 1. The molecule has 1 fully saturated rings. The van der Waals surface area contributed by atoms with Crippen LogP contribution in [0.3, 0.4) is 0 Å². The molecule has 2 atom stereocenters. The Labute approximate surface area is 179 Å². The van der Waals surface area contributed by atoms with Crippen LogP contribution in [0.1, 0.15) is 32.8 Å². The minimum Gasteiger partial charge on any atom is -0.379 e. The Balaban J connectivity index is 1.83. The van der Waals surface area contributed by atoms with E-state index in [2.05, 4.69) is 36.3 Å². The Kier molecular flexibility index (Phi) is 11.3. The van der Waals surface area contributed by atoms with E-state index in [0.29, 0.717) is 30.0 Å². The van der Waals surface area contributed by atoms with Crippen molar-refractivity contribution >= 4 is 16.8 Å². The van der Waals surface area contributed by atoms with E-state index in [-0.39, 0.29) is 0 Å². The van der Waals surface area contributed by atoms with Gasteiger partial charge in [0.15, 0.2) is 5.96 Å². The maximum absolute atomic E-state index is 12.3. The zero-order valence-corrected chi connectivity index (χ0v) is 19.0. The number of nitrogens with zero attached hydrogens (tertiary/aromatic N) is 2. The number of nitrogens with one attached hydrogen (secondary N) is 2. The van der Waals surface area contributed by atoms with E-state index < -0.39 is 10.8 Å². The summed E-state index contributed by atoms with van der Waals surface area (Å²) in [7, 11) is -0.883. The number of ether oxygens (including phenoxy) is 1. The van der Waals surface area contributed by atoms with Crippen molar-refractivity contribution in [3.05, 3.63) is 35.9 Å². The average Bonchev–Trinajstić information content (AvgIpc) is 2.72. The zero-order chi connectivity index (χ0) is 20.9. The first-order chi connectivity index (χ1) is 14.1. The summed E-state index contributed by atoms with van der Waals surface area (Å²) in [6.07, 6.45) is 1.13. The van der Waals surface area contributed by atoms with Crippen LogP contribution >= 0.6 is 0 Å². The van der Waals surface area contributed by atoms with Crippen molar-refractivity contribution in [1.82, 2.24) is 15.5 Å². The lowest BCUT2D eigenvalue weighted by molar-refractivity contribution is 0.0143. The lowest BCUT2D eigenvalue weighted by atomic mass is 10.0. The predicted octanol–water partition coefficient (Wildman–Crippen LogP) is 2.24. The van der Waals surface area contributed by atoms with Gasteiger partial charge in [-0.05, 0) is 24.8 Å². The first-order valence-corrected chi connectivity index (χ1v) is 12.3. The molecule has 0 aromatic heterocycles. The fourth-order valence-corrected chi connectivity index (χ4v) is 4.52. The van der Waals surface area contributed by atoms with E-state index in [9.17, 15) is 4.21 Å². The normalized spacial score (nSPS) is 17.9. The van der Waals surface area contributed by atoms with Crippen LogP contribution in [0.25, 0.3) is 0 Å². The van der Waals surface area contributed by atoms with Crippen molar-refractivity contribution in [3.63, 3.8) is 0 Å². The van der Waals surface area contributed by atoms with Crippen LogP contribution in [0.15, 0.2) is 35.3 Å². The molecule has 0 aliphatic carbocycles. The Morgan fingerprint density at radius 3 is 2.59 bits per heavy atom. The third-order valence-corrected chi connectivity index (χ3v) is 6.22. The minimum atomic E-state index is -0.883. The molecule has 0 bridgehead atoms. The van der Waals surface area contributed by atoms with Crippen LogP contribution in [0.4, 0.5) is 0 Å². The number of guanidine groups is 1. The van der Waals surface area contributed by atoms with Gasteiger partial charge in [-0.3, -0.25) is 14.1 Å². The summed E-state index contributed by atoms with van der Waals surface area (Å²) >= 11 is 0. The summed E-state index contributed by atoms with van der Waals surface area (Å²) in [5.41, 5.74) is 1.12. The zero-order valence-electron chi connectivity index (χ0n) is 18.2. The van der Waals surface area contributed by atoms with Crippen LogP contribution in [-0.4, -0.2) is 72.8 Å². The molecule has 0 radical (unpaired) electrons. The van der Waals surface area contributed by atoms with E-state index in [1.165, 1.54) is 0 Å². The van der Waals surface area contributed by atoms with Crippen molar-refractivity contribution in [2.75, 3.05) is 51.7 Å². The lowest BCUT2D eigenvalue weighted by Gasteiger charge is -2.34. The standard InChI is InChI=1S/C22H38N4O2S/c1-4-23-22(24-10-15-29(27)18-20-8-6-5-7-9-20)25-17-21(16-19(2)3)26-11-13-28-14-12-26/h5-9,19,21H,4,10-18H2,1-3H3,(H2,23,24,25). The molecular weight excluding hydrogens is 384 g/mol. The van der Waals surface area contributed by atoms with Crippen molar-refractivity contribution < 1.29 is 8.95 Å². The van der Waals surface area contributed by atoms with Gasteiger partial charge in [0, 0.05) is 54.5 Å². The molecule has 0 spiro atoms. The first kappa shape index (κ1) is 23.8. The molecular formula is C22H38N4O2S. The van der Waals surface area contributed by atoms with E-state index >= 15 is 0 Å². The van der Waals surface area contributed by atoms with Gasteiger partial charge in [-0.15, -0.1) is 0 Å². The van der Waals surface area contributed by atoms with Crippen LogP contribution in [0.5, 0.6) is 0 Å². The molecule has 1 aromatic rings. The maximum atomic E-state index is 12.3. The average molecular weight is 423 g/mol. The second-order valence-corrected chi connectivity index (χ2v) is 9.43. The highest BCUT2D eigenvalue weighted by Crippen LogP contribution is 2.14. The van der Waals surface area contributed by atoms with Crippen molar-refractivity contribution in [3.8, 4) is 0 Å². The highest BCUT2D eigenvalue weighted by Gasteiger charge is 2.21. The van der Waals surface area contributed by atoms with Crippen molar-refractivity contribution in [2.45, 2.75) is 39.0 Å². The fraction of sp³-hybridized carbons (Fsp3) is 0.682. The Bertz CT molecular complexity index is 618. The van der Waals surface area contributed by atoms with Gasteiger partial charge < -0.3 is 15.4 Å². The quantitative estimate of drug-likeness (QED) is 0.423. The van der Waals surface area contributed by atoms with E-state index in [1.54, 1.807) is 0 Å². The van der Waals surface area contributed by atoms with Crippen molar-refractivity contribution in [1.29, 1.82) is 0 Å². The van der Waals surface area contributed by atoms with Crippen LogP contribution in [-0.2, 0) is 21.3 Å². The Morgan fingerprint density at radius 1 is 1.21 bits per heavy atom. The van der Waals surface area contributed by atoms with E-state index in [4.69, 9.17) is 9.73 Å².